The molecule has 0 spiro atoms. The van der Waals surface area contributed by atoms with Gasteiger partial charge in [0.25, 0.3) is 0 Å². The quantitative estimate of drug-likeness (QED) is 0.910. The SMILES string of the molecule is CC(C)(N)C(=O)N1CCOC(c2ccc(F)c(Cl)c2)C1. The average Bonchev–Trinajstić information content (AvgIpc) is 2.40. The molecule has 1 unspecified atom stereocenters. The van der Waals surface area contributed by atoms with Gasteiger partial charge in [0.05, 0.1) is 23.7 Å². The lowest BCUT2D eigenvalue weighted by Crippen LogP contribution is -2.54. The molecule has 20 heavy (non-hydrogen) atoms. The first kappa shape index (κ1) is 15.2. The van der Waals surface area contributed by atoms with Crippen molar-refractivity contribution in [3.05, 3.63) is 34.6 Å². The first-order valence-corrected chi connectivity index (χ1v) is 6.81. The van der Waals surface area contributed by atoms with Crippen LogP contribution in [0.3, 0.4) is 0 Å². The van der Waals surface area contributed by atoms with E-state index in [2.05, 4.69) is 0 Å². The molecule has 0 aromatic heterocycles. The number of hydrogen-bond donors (Lipinski definition) is 1. The van der Waals surface area contributed by atoms with Gasteiger partial charge in [-0.2, -0.15) is 0 Å². The summed E-state index contributed by atoms with van der Waals surface area (Å²) < 4.78 is 18.8. The van der Waals surface area contributed by atoms with Crippen molar-refractivity contribution in [2.75, 3.05) is 19.7 Å². The van der Waals surface area contributed by atoms with Crippen LogP contribution in [0.1, 0.15) is 25.5 Å². The lowest BCUT2D eigenvalue weighted by molar-refractivity contribution is -0.143. The molecule has 0 aliphatic carbocycles. The van der Waals surface area contributed by atoms with Crippen LogP contribution >= 0.6 is 11.6 Å². The van der Waals surface area contributed by atoms with Gasteiger partial charge >= 0.3 is 0 Å². The Labute approximate surface area is 122 Å². The van der Waals surface area contributed by atoms with Crippen molar-refractivity contribution in [2.45, 2.75) is 25.5 Å². The standard InChI is InChI=1S/C14H18ClFN2O2/c1-14(2,17)13(19)18-5-6-20-12(8-18)9-3-4-11(16)10(15)7-9/h3-4,7,12H,5-6,8,17H2,1-2H3. The molecule has 2 rings (SSSR count). The molecule has 1 aromatic rings. The van der Waals surface area contributed by atoms with E-state index in [1.165, 1.54) is 12.1 Å². The van der Waals surface area contributed by atoms with Crippen LogP contribution in [0.25, 0.3) is 0 Å². The van der Waals surface area contributed by atoms with E-state index in [-0.39, 0.29) is 17.0 Å². The second-order valence-electron chi connectivity index (χ2n) is 5.51. The molecule has 0 bridgehead atoms. The number of halogens is 2. The summed E-state index contributed by atoms with van der Waals surface area (Å²) in [5.74, 6) is -0.596. The molecule has 1 aromatic carbocycles. The molecule has 6 heteroatoms. The molecular weight excluding hydrogens is 283 g/mol. The number of morpholine rings is 1. The van der Waals surface area contributed by atoms with E-state index in [1.807, 2.05) is 0 Å². The molecule has 1 saturated heterocycles. The zero-order chi connectivity index (χ0) is 14.9. The van der Waals surface area contributed by atoms with Crippen molar-refractivity contribution in [1.82, 2.24) is 4.90 Å². The van der Waals surface area contributed by atoms with Crippen molar-refractivity contribution in [1.29, 1.82) is 0 Å². The normalized spacial score (nSPS) is 20.1. The van der Waals surface area contributed by atoms with Crippen LogP contribution in [0.2, 0.25) is 5.02 Å². The van der Waals surface area contributed by atoms with Gasteiger partial charge in [0.2, 0.25) is 5.91 Å². The predicted molar refractivity (Wildman–Crippen MR) is 74.9 cm³/mol. The molecular formula is C14H18ClFN2O2. The van der Waals surface area contributed by atoms with E-state index in [0.29, 0.717) is 19.7 Å². The summed E-state index contributed by atoms with van der Waals surface area (Å²) in [7, 11) is 0. The topological polar surface area (TPSA) is 55.6 Å². The van der Waals surface area contributed by atoms with Crippen molar-refractivity contribution in [2.24, 2.45) is 5.73 Å². The lowest BCUT2D eigenvalue weighted by atomic mass is 10.0. The Hall–Kier alpha value is -1.17. The van der Waals surface area contributed by atoms with Crippen molar-refractivity contribution in [3.8, 4) is 0 Å². The minimum atomic E-state index is -0.914. The molecule has 1 amide bonds. The van der Waals surface area contributed by atoms with Gasteiger partial charge in [-0.05, 0) is 31.5 Å². The maximum absolute atomic E-state index is 13.2. The van der Waals surface area contributed by atoms with Gasteiger partial charge in [-0.3, -0.25) is 4.79 Å². The second-order valence-corrected chi connectivity index (χ2v) is 5.91. The first-order chi connectivity index (χ1) is 9.29. The molecule has 1 fully saturated rings. The van der Waals surface area contributed by atoms with E-state index in [0.717, 1.165) is 5.56 Å². The third-order valence-electron chi connectivity index (χ3n) is 3.22. The average molecular weight is 301 g/mol. The fourth-order valence-electron chi connectivity index (χ4n) is 2.16. The zero-order valence-electron chi connectivity index (χ0n) is 11.5. The Bertz CT molecular complexity index is 516. The summed E-state index contributed by atoms with van der Waals surface area (Å²) in [5.41, 5.74) is 5.67. The Morgan fingerprint density at radius 2 is 2.25 bits per heavy atom. The van der Waals surface area contributed by atoms with E-state index in [9.17, 15) is 9.18 Å². The number of ether oxygens (including phenoxy) is 1. The molecule has 2 N–H and O–H groups in total. The van der Waals surface area contributed by atoms with Crippen LogP contribution in [0, 0.1) is 5.82 Å². The third-order valence-corrected chi connectivity index (χ3v) is 3.51. The van der Waals surface area contributed by atoms with Gasteiger partial charge in [0, 0.05) is 6.54 Å². The molecule has 1 aliphatic rings. The molecule has 0 radical (unpaired) electrons. The van der Waals surface area contributed by atoms with Crippen LogP contribution in [-0.4, -0.2) is 36.0 Å². The number of amides is 1. The highest BCUT2D eigenvalue weighted by molar-refractivity contribution is 6.30. The Balaban J connectivity index is 2.14. The Morgan fingerprint density at radius 3 is 2.85 bits per heavy atom. The number of nitrogens with zero attached hydrogens (tertiary/aromatic N) is 1. The van der Waals surface area contributed by atoms with Crippen LogP contribution in [0.15, 0.2) is 18.2 Å². The van der Waals surface area contributed by atoms with E-state index < -0.39 is 11.4 Å². The van der Waals surface area contributed by atoms with Gasteiger partial charge in [0.15, 0.2) is 0 Å². The van der Waals surface area contributed by atoms with Gasteiger partial charge in [-0.15, -0.1) is 0 Å². The molecule has 1 aliphatic heterocycles. The predicted octanol–water partition coefficient (Wildman–Crippen LogP) is 2.12. The highest BCUT2D eigenvalue weighted by Crippen LogP contribution is 2.26. The summed E-state index contributed by atoms with van der Waals surface area (Å²) in [5, 5.41) is 0.0497. The van der Waals surface area contributed by atoms with E-state index in [4.69, 9.17) is 22.1 Å². The van der Waals surface area contributed by atoms with Crippen LogP contribution in [-0.2, 0) is 9.53 Å². The summed E-state index contributed by atoms with van der Waals surface area (Å²) in [6.07, 6.45) is -0.312. The highest BCUT2D eigenvalue weighted by Gasteiger charge is 2.32. The van der Waals surface area contributed by atoms with Crippen LogP contribution in [0.4, 0.5) is 4.39 Å². The molecule has 110 valence electrons. The fraction of sp³-hybridized carbons (Fsp3) is 0.500. The number of carbonyl (C=O) groups is 1. The zero-order valence-corrected chi connectivity index (χ0v) is 12.3. The fourth-order valence-corrected chi connectivity index (χ4v) is 2.34. The highest BCUT2D eigenvalue weighted by atomic mass is 35.5. The molecule has 0 saturated carbocycles. The Kier molecular flexibility index (Phi) is 4.32. The van der Waals surface area contributed by atoms with Gasteiger partial charge in [0.1, 0.15) is 11.9 Å². The van der Waals surface area contributed by atoms with Crippen molar-refractivity contribution >= 4 is 17.5 Å². The number of hydrogen-bond acceptors (Lipinski definition) is 3. The van der Waals surface area contributed by atoms with Crippen LogP contribution < -0.4 is 5.73 Å². The van der Waals surface area contributed by atoms with E-state index in [1.54, 1.807) is 24.8 Å². The number of carbonyl (C=O) groups excluding carboxylic acids is 1. The third kappa shape index (κ3) is 3.29. The smallest absolute Gasteiger partial charge is 0.242 e. The van der Waals surface area contributed by atoms with Crippen molar-refractivity contribution in [3.63, 3.8) is 0 Å². The largest absolute Gasteiger partial charge is 0.370 e. The van der Waals surface area contributed by atoms with Crippen LogP contribution in [0.5, 0.6) is 0 Å². The first-order valence-electron chi connectivity index (χ1n) is 6.44. The summed E-state index contributed by atoms with van der Waals surface area (Å²) in [4.78, 5) is 13.8. The summed E-state index contributed by atoms with van der Waals surface area (Å²) in [6, 6.07) is 4.45. The molecule has 1 atom stereocenters. The van der Waals surface area contributed by atoms with Gasteiger partial charge in [-0.1, -0.05) is 17.7 Å². The van der Waals surface area contributed by atoms with Gasteiger partial charge < -0.3 is 15.4 Å². The van der Waals surface area contributed by atoms with Crippen molar-refractivity contribution < 1.29 is 13.9 Å². The molecule has 1 heterocycles. The second kappa shape index (κ2) is 5.68. The number of rotatable bonds is 2. The number of nitrogens with two attached hydrogens (primary N) is 1. The Morgan fingerprint density at radius 1 is 1.55 bits per heavy atom. The maximum atomic E-state index is 13.2. The lowest BCUT2D eigenvalue weighted by Gasteiger charge is -2.36. The number of benzene rings is 1. The van der Waals surface area contributed by atoms with E-state index >= 15 is 0 Å². The summed E-state index contributed by atoms with van der Waals surface area (Å²) >= 11 is 5.77. The minimum Gasteiger partial charge on any atom is -0.370 e. The molecule has 4 nitrogen and oxygen atoms in total. The monoisotopic (exact) mass is 300 g/mol. The van der Waals surface area contributed by atoms with Gasteiger partial charge in [-0.25, -0.2) is 4.39 Å². The minimum absolute atomic E-state index is 0.0497. The summed E-state index contributed by atoms with van der Waals surface area (Å²) in [6.45, 7) is 4.66. The maximum Gasteiger partial charge on any atom is 0.242 e.